The summed E-state index contributed by atoms with van der Waals surface area (Å²) >= 11 is 6.30. The maximum Gasteiger partial charge on any atom is 0.255 e. The minimum absolute atomic E-state index is 0.0708. The summed E-state index contributed by atoms with van der Waals surface area (Å²) in [5.74, 6) is 1.36. The van der Waals surface area contributed by atoms with Gasteiger partial charge in [-0.3, -0.25) is 9.69 Å². The van der Waals surface area contributed by atoms with Crippen molar-refractivity contribution in [2.75, 3.05) is 13.1 Å². The predicted octanol–water partition coefficient (Wildman–Crippen LogP) is 4.41. The molecule has 0 bridgehead atoms. The van der Waals surface area contributed by atoms with Crippen molar-refractivity contribution in [1.29, 1.82) is 0 Å². The Morgan fingerprint density at radius 3 is 2.76 bits per heavy atom. The standard InChI is InChI=1S/C26H28ClN5O/c1-30-18-28-29-25(30)21-8-5-12-31(16-21)17-22-14-20-9-10-23(27)15-24(20)32(26(22)33)13-11-19-6-3-2-4-7-19/h2-4,6-7,9-10,14-15,18,21H,5,8,11-13,16-17H2,1H3. The summed E-state index contributed by atoms with van der Waals surface area (Å²) < 4.78 is 3.90. The molecule has 1 atom stereocenters. The lowest BCUT2D eigenvalue weighted by atomic mass is 9.96. The van der Waals surface area contributed by atoms with E-state index in [0.717, 1.165) is 54.6 Å². The first kappa shape index (κ1) is 21.9. The molecule has 1 aliphatic heterocycles. The summed E-state index contributed by atoms with van der Waals surface area (Å²) in [6, 6.07) is 18.1. The van der Waals surface area contributed by atoms with Crippen molar-refractivity contribution < 1.29 is 0 Å². The van der Waals surface area contributed by atoms with E-state index in [4.69, 9.17) is 11.6 Å². The van der Waals surface area contributed by atoms with Gasteiger partial charge in [-0.05, 0) is 55.0 Å². The molecular weight excluding hydrogens is 434 g/mol. The van der Waals surface area contributed by atoms with Crippen molar-refractivity contribution in [1.82, 2.24) is 24.2 Å². The molecular formula is C26H28ClN5O. The summed E-state index contributed by atoms with van der Waals surface area (Å²) in [6.07, 6.45) is 4.74. The number of aromatic nitrogens is 4. The molecule has 170 valence electrons. The monoisotopic (exact) mass is 461 g/mol. The number of likely N-dealkylation sites (tertiary alicyclic amines) is 1. The molecule has 2 aromatic heterocycles. The molecule has 2 aromatic carbocycles. The number of nitrogens with zero attached hydrogens (tertiary/aromatic N) is 5. The topological polar surface area (TPSA) is 56.0 Å². The number of piperidine rings is 1. The van der Waals surface area contributed by atoms with Gasteiger partial charge in [-0.25, -0.2) is 0 Å². The average Bonchev–Trinajstić information content (AvgIpc) is 3.26. The smallest absolute Gasteiger partial charge is 0.255 e. The summed E-state index contributed by atoms with van der Waals surface area (Å²) in [6.45, 7) is 3.12. The number of pyridine rings is 1. The van der Waals surface area contributed by atoms with Crippen LogP contribution in [0.1, 0.15) is 35.7 Å². The second kappa shape index (κ2) is 9.49. The molecule has 0 N–H and O–H groups in total. The minimum Gasteiger partial charge on any atom is -0.320 e. The van der Waals surface area contributed by atoms with E-state index in [-0.39, 0.29) is 5.56 Å². The summed E-state index contributed by atoms with van der Waals surface area (Å²) in [4.78, 5) is 16.0. The Morgan fingerprint density at radius 1 is 1.12 bits per heavy atom. The zero-order chi connectivity index (χ0) is 22.8. The normalized spacial score (nSPS) is 17.0. The van der Waals surface area contributed by atoms with Crippen molar-refractivity contribution in [3.8, 4) is 0 Å². The lowest BCUT2D eigenvalue weighted by molar-refractivity contribution is 0.194. The highest BCUT2D eigenvalue weighted by molar-refractivity contribution is 6.31. The van der Waals surface area contributed by atoms with Crippen LogP contribution < -0.4 is 5.56 Å². The van der Waals surface area contributed by atoms with E-state index in [1.54, 1.807) is 6.33 Å². The third-order valence-electron chi connectivity index (χ3n) is 6.61. The van der Waals surface area contributed by atoms with Crippen LogP contribution in [-0.2, 0) is 26.6 Å². The van der Waals surface area contributed by atoms with Crippen LogP contribution in [0.2, 0.25) is 5.02 Å². The van der Waals surface area contributed by atoms with Crippen LogP contribution in [0, 0.1) is 0 Å². The van der Waals surface area contributed by atoms with Gasteiger partial charge in [0.05, 0.1) is 5.52 Å². The Balaban J connectivity index is 1.44. The SMILES string of the molecule is Cn1cnnc1C1CCCN(Cc2cc3ccc(Cl)cc3n(CCc3ccccc3)c2=O)C1. The molecule has 0 aliphatic carbocycles. The highest BCUT2D eigenvalue weighted by Crippen LogP contribution is 2.26. The van der Waals surface area contributed by atoms with Crippen LogP contribution in [0.3, 0.4) is 0 Å². The molecule has 3 heterocycles. The molecule has 0 radical (unpaired) electrons. The number of halogens is 1. The molecule has 0 amide bonds. The predicted molar refractivity (Wildman–Crippen MR) is 132 cm³/mol. The van der Waals surface area contributed by atoms with E-state index < -0.39 is 0 Å². The van der Waals surface area contributed by atoms with Gasteiger partial charge < -0.3 is 9.13 Å². The highest BCUT2D eigenvalue weighted by atomic mass is 35.5. The fraction of sp³-hybridized carbons (Fsp3) is 0.346. The van der Waals surface area contributed by atoms with Gasteiger partial charge in [-0.2, -0.15) is 0 Å². The zero-order valence-electron chi connectivity index (χ0n) is 18.8. The van der Waals surface area contributed by atoms with Gasteiger partial charge in [0.2, 0.25) is 0 Å². The molecule has 33 heavy (non-hydrogen) atoms. The minimum atomic E-state index is 0.0708. The number of hydrogen-bond acceptors (Lipinski definition) is 4. The fourth-order valence-electron chi connectivity index (χ4n) is 4.94. The van der Waals surface area contributed by atoms with Gasteiger partial charge in [-0.1, -0.05) is 48.0 Å². The molecule has 1 aliphatic rings. The summed E-state index contributed by atoms with van der Waals surface area (Å²) in [7, 11) is 1.99. The molecule has 1 fully saturated rings. The second-order valence-corrected chi connectivity index (χ2v) is 9.38. The number of benzene rings is 2. The molecule has 4 aromatic rings. The van der Waals surface area contributed by atoms with Gasteiger partial charge in [0, 0.05) is 43.2 Å². The molecule has 1 unspecified atom stereocenters. The number of fused-ring (bicyclic) bond motifs is 1. The molecule has 6 nitrogen and oxygen atoms in total. The Kier molecular flexibility index (Phi) is 6.29. The van der Waals surface area contributed by atoms with Crippen molar-refractivity contribution in [2.24, 2.45) is 7.05 Å². The maximum absolute atomic E-state index is 13.6. The van der Waals surface area contributed by atoms with Gasteiger partial charge >= 0.3 is 0 Å². The van der Waals surface area contributed by atoms with Crippen LogP contribution in [0.5, 0.6) is 0 Å². The molecule has 0 saturated carbocycles. The van der Waals surface area contributed by atoms with E-state index in [2.05, 4.69) is 27.2 Å². The van der Waals surface area contributed by atoms with E-state index in [9.17, 15) is 4.79 Å². The van der Waals surface area contributed by atoms with Gasteiger partial charge in [0.15, 0.2) is 0 Å². The van der Waals surface area contributed by atoms with Crippen LogP contribution in [0.15, 0.2) is 65.7 Å². The largest absolute Gasteiger partial charge is 0.320 e. The highest BCUT2D eigenvalue weighted by Gasteiger charge is 2.25. The van der Waals surface area contributed by atoms with Crippen LogP contribution in [-0.4, -0.2) is 37.3 Å². The average molecular weight is 462 g/mol. The van der Waals surface area contributed by atoms with Gasteiger partial charge in [0.25, 0.3) is 5.56 Å². The van der Waals surface area contributed by atoms with Crippen molar-refractivity contribution in [3.05, 3.63) is 93.3 Å². The Bertz CT molecular complexity index is 1310. The Labute approximate surface area is 198 Å². The molecule has 0 spiro atoms. The van der Waals surface area contributed by atoms with Crippen molar-refractivity contribution in [2.45, 2.75) is 38.3 Å². The second-order valence-electron chi connectivity index (χ2n) is 8.94. The number of aryl methyl sites for hydroxylation is 3. The molecule has 7 heteroatoms. The Hall–Kier alpha value is -2.96. The van der Waals surface area contributed by atoms with Crippen LogP contribution in [0.25, 0.3) is 10.9 Å². The fourth-order valence-corrected chi connectivity index (χ4v) is 5.10. The van der Waals surface area contributed by atoms with Gasteiger partial charge in [-0.15, -0.1) is 10.2 Å². The van der Waals surface area contributed by atoms with Crippen molar-refractivity contribution in [3.63, 3.8) is 0 Å². The third kappa shape index (κ3) is 4.72. The lowest BCUT2D eigenvalue weighted by Gasteiger charge is -2.32. The first-order chi connectivity index (χ1) is 16.1. The van der Waals surface area contributed by atoms with Crippen molar-refractivity contribution >= 4 is 22.5 Å². The van der Waals surface area contributed by atoms with Crippen LogP contribution in [0.4, 0.5) is 0 Å². The number of hydrogen-bond donors (Lipinski definition) is 0. The van der Waals surface area contributed by atoms with E-state index in [1.807, 2.05) is 58.6 Å². The summed E-state index contributed by atoms with van der Waals surface area (Å²) in [5.41, 5.74) is 3.01. The number of rotatable bonds is 6. The Morgan fingerprint density at radius 2 is 1.97 bits per heavy atom. The first-order valence-electron chi connectivity index (χ1n) is 11.5. The van der Waals surface area contributed by atoms with Crippen LogP contribution >= 0.6 is 11.6 Å². The maximum atomic E-state index is 13.6. The zero-order valence-corrected chi connectivity index (χ0v) is 19.6. The van der Waals surface area contributed by atoms with E-state index >= 15 is 0 Å². The van der Waals surface area contributed by atoms with E-state index in [0.29, 0.717) is 24.0 Å². The van der Waals surface area contributed by atoms with E-state index in [1.165, 1.54) is 5.56 Å². The third-order valence-corrected chi connectivity index (χ3v) is 6.85. The van der Waals surface area contributed by atoms with Gasteiger partial charge in [0.1, 0.15) is 12.2 Å². The quantitative estimate of drug-likeness (QED) is 0.427. The lowest BCUT2D eigenvalue weighted by Crippen LogP contribution is -2.37. The first-order valence-corrected chi connectivity index (χ1v) is 11.9. The molecule has 5 rings (SSSR count). The molecule has 1 saturated heterocycles. The summed E-state index contributed by atoms with van der Waals surface area (Å²) in [5, 5.41) is 10.1.